The van der Waals surface area contributed by atoms with E-state index in [1.807, 2.05) is 18.2 Å². The standard InChI is InChI=1S/C16H24BrClN2O/c1-3-13-11-20(14(4-2)10-19-13)7-8-21-16-6-5-12(18)9-15(16)17/h5-6,9,13-14,19H,3-4,7-8,10-11H2,1-2H3. The van der Waals surface area contributed by atoms with Crippen molar-refractivity contribution in [3.8, 4) is 5.75 Å². The molecule has 2 unspecified atom stereocenters. The minimum absolute atomic E-state index is 0.607. The Morgan fingerprint density at radius 3 is 2.86 bits per heavy atom. The average Bonchev–Trinajstić information content (AvgIpc) is 2.49. The summed E-state index contributed by atoms with van der Waals surface area (Å²) in [6.45, 7) is 8.35. The highest BCUT2D eigenvalue weighted by Crippen LogP contribution is 2.28. The van der Waals surface area contributed by atoms with E-state index < -0.39 is 0 Å². The molecule has 118 valence electrons. The number of ether oxygens (including phenoxy) is 1. The van der Waals surface area contributed by atoms with Crippen LogP contribution in [-0.2, 0) is 0 Å². The summed E-state index contributed by atoms with van der Waals surface area (Å²) in [5.74, 6) is 0.856. The minimum atomic E-state index is 0.607. The van der Waals surface area contributed by atoms with Crippen LogP contribution in [0.3, 0.4) is 0 Å². The van der Waals surface area contributed by atoms with Crippen LogP contribution in [0.2, 0.25) is 5.02 Å². The molecule has 1 aliphatic rings. The Morgan fingerprint density at radius 2 is 2.19 bits per heavy atom. The monoisotopic (exact) mass is 374 g/mol. The van der Waals surface area contributed by atoms with E-state index in [0.717, 1.165) is 29.9 Å². The maximum Gasteiger partial charge on any atom is 0.133 e. The predicted octanol–water partition coefficient (Wildman–Crippen LogP) is 3.94. The van der Waals surface area contributed by atoms with E-state index >= 15 is 0 Å². The van der Waals surface area contributed by atoms with Crippen LogP contribution in [0, 0.1) is 0 Å². The molecule has 1 heterocycles. The fraction of sp³-hybridized carbons (Fsp3) is 0.625. The zero-order chi connectivity index (χ0) is 15.2. The van der Waals surface area contributed by atoms with E-state index in [1.165, 1.54) is 12.8 Å². The molecule has 1 fully saturated rings. The number of rotatable bonds is 6. The Kier molecular flexibility index (Phi) is 6.80. The zero-order valence-electron chi connectivity index (χ0n) is 12.7. The van der Waals surface area contributed by atoms with Crippen molar-refractivity contribution in [2.24, 2.45) is 0 Å². The SMILES string of the molecule is CCC1CN(CCOc2ccc(Cl)cc2Br)C(CC)CN1. The molecule has 0 aliphatic carbocycles. The Balaban J connectivity index is 1.85. The van der Waals surface area contributed by atoms with Crippen molar-refractivity contribution in [1.29, 1.82) is 0 Å². The van der Waals surface area contributed by atoms with Crippen LogP contribution in [-0.4, -0.2) is 43.2 Å². The van der Waals surface area contributed by atoms with Crippen LogP contribution < -0.4 is 10.1 Å². The lowest BCUT2D eigenvalue weighted by molar-refractivity contribution is 0.105. The Morgan fingerprint density at radius 1 is 1.38 bits per heavy atom. The molecule has 1 N–H and O–H groups in total. The third-order valence-electron chi connectivity index (χ3n) is 4.11. The van der Waals surface area contributed by atoms with Crippen LogP contribution in [0.1, 0.15) is 26.7 Å². The maximum absolute atomic E-state index is 5.94. The third-order valence-corrected chi connectivity index (χ3v) is 4.96. The zero-order valence-corrected chi connectivity index (χ0v) is 15.1. The Hall–Kier alpha value is -0.290. The third kappa shape index (κ3) is 4.85. The summed E-state index contributed by atoms with van der Waals surface area (Å²) in [7, 11) is 0. The van der Waals surface area contributed by atoms with Gasteiger partial charge in [-0.3, -0.25) is 4.90 Å². The lowest BCUT2D eigenvalue weighted by Crippen LogP contribution is -2.56. The molecule has 0 bridgehead atoms. The minimum Gasteiger partial charge on any atom is -0.491 e. The van der Waals surface area contributed by atoms with Gasteiger partial charge in [-0.15, -0.1) is 0 Å². The molecule has 2 rings (SSSR count). The number of nitrogens with one attached hydrogen (secondary N) is 1. The molecule has 5 heteroatoms. The van der Waals surface area contributed by atoms with E-state index in [1.54, 1.807) is 0 Å². The summed E-state index contributed by atoms with van der Waals surface area (Å²) in [4.78, 5) is 2.55. The second-order valence-corrected chi connectivity index (χ2v) is 6.78. The second kappa shape index (κ2) is 8.37. The van der Waals surface area contributed by atoms with Gasteiger partial charge >= 0.3 is 0 Å². The summed E-state index contributed by atoms with van der Waals surface area (Å²) >= 11 is 9.43. The van der Waals surface area contributed by atoms with Gasteiger partial charge in [-0.25, -0.2) is 0 Å². The molecular weight excluding hydrogens is 352 g/mol. The van der Waals surface area contributed by atoms with Gasteiger partial charge in [-0.1, -0.05) is 25.4 Å². The average molecular weight is 376 g/mol. The van der Waals surface area contributed by atoms with E-state index in [-0.39, 0.29) is 0 Å². The molecule has 0 amide bonds. The molecule has 1 aromatic rings. The van der Waals surface area contributed by atoms with Crippen LogP contribution in [0.5, 0.6) is 5.75 Å². The van der Waals surface area contributed by atoms with Gasteiger partial charge in [0.1, 0.15) is 12.4 Å². The highest BCUT2D eigenvalue weighted by atomic mass is 79.9. The number of benzene rings is 1. The van der Waals surface area contributed by atoms with Crippen LogP contribution in [0.25, 0.3) is 0 Å². The summed E-state index contributed by atoms with van der Waals surface area (Å²) in [6.07, 6.45) is 2.35. The number of halogens is 2. The van der Waals surface area contributed by atoms with Crippen LogP contribution >= 0.6 is 27.5 Å². The fourth-order valence-electron chi connectivity index (χ4n) is 2.74. The Bertz CT molecular complexity index is 458. The lowest BCUT2D eigenvalue weighted by atomic mass is 10.1. The van der Waals surface area contributed by atoms with Crippen molar-refractivity contribution >= 4 is 27.5 Å². The first-order valence-corrected chi connectivity index (χ1v) is 8.86. The first-order chi connectivity index (χ1) is 10.1. The molecule has 1 aliphatic heterocycles. The van der Waals surface area contributed by atoms with Gasteiger partial charge in [-0.2, -0.15) is 0 Å². The smallest absolute Gasteiger partial charge is 0.133 e. The van der Waals surface area contributed by atoms with Crippen molar-refractivity contribution in [3.63, 3.8) is 0 Å². The van der Waals surface area contributed by atoms with Gasteiger partial charge in [0.05, 0.1) is 4.47 Å². The number of hydrogen-bond donors (Lipinski definition) is 1. The summed E-state index contributed by atoms with van der Waals surface area (Å²) < 4.78 is 6.80. The molecule has 2 atom stereocenters. The van der Waals surface area contributed by atoms with Gasteiger partial charge in [0, 0.05) is 36.7 Å². The largest absolute Gasteiger partial charge is 0.491 e. The topological polar surface area (TPSA) is 24.5 Å². The molecule has 0 spiro atoms. The first-order valence-electron chi connectivity index (χ1n) is 7.69. The van der Waals surface area contributed by atoms with Crippen LogP contribution in [0.15, 0.2) is 22.7 Å². The van der Waals surface area contributed by atoms with Gasteiger partial charge in [0.2, 0.25) is 0 Å². The fourth-order valence-corrected chi connectivity index (χ4v) is 3.54. The number of piperazine rings is 1. The molecular formula is C16H24BrClN2O. The molecule has 1 aromatic carbocycles. The van der Waals surface area contributed by atoms with E-state index in [2.05, 4.69) is 40.0 Å². The normalized spacial score (nSPS) is 23.2. The van der Waals surface area contributed by atoms with E-state index in [9.17, 15) is 0 Å². The molecule has 21 heavy (non-hydrogen) atoms. The summed E-state index contributed by atoms with van der Waals surface area (Å²) in [5.41, 5.74) is 0. The lowest BCUT2D eigenvalue weighted by Gasteiger charge is -2.39. The van der Waals surface area contributed by atoms with Gasteiger partial charge in [0.25, 0.3) is 0 Å². The molecule has 0 aromatic heterocycles. The maximum atomic E-state index is 5.94. The van der Waals surface area contributed by atoms with Gasteiger partial charge in [0.15, 0.2) is 0 Å². The number of nitrogens with zero attached hydrogens (tertiary/aromatic N) is 1. The summed E-state index contributed by atoms with van der Waals surface area (Å²) in [6, 6.07) is 6.86. The van der Waals surface area contributed by atoms with Crippen LogP contribution in [0.4, 0.5) is 0 Å². The quantitative estimate of drug-likeness (QED) is 0.815. The highest BCUT2D eigenvalue weighted by molar-refractivity contribution is 9.10. The van der Waals surface area contributed by atoms with E-state index in [0.29, 0.717) is 23.7 Å². The van der Waals surface area contributed by atoms with Crippen molar-refractivity contribution in [3.05, 3.63) is 27.7 Å². The predicted molar refractivity (Wildman–Crippen MR) is 92.4 cm³/mol. The molecule has 0 saturated carbocycles. The Labute approximate surface area is 141 Å². The van der Waals surface area contributed by atoms with E-state index in [4.69, 9.17) is 16.3 Å². The summed E-state index contributed by atoms with van der Waals surface area (Å²) in [5, 5.41) is 4.33. The van der Waals surface area contributed by atoms with Gasteiger partial charge in [-0.05, 0) is 47.0 Å². The first kappa shape index (κ1) is 17.1. The highest BCUT2D eigenvalue weighted by Gasteiger charge is 2.25. The second-order valence-electron chi connectivity index (χ2n) is 5.49. The molecule has 0 radical (unpaired) electrons. The van der Waals surface area contributed by atoms with Crippen molar-refractivity contribution in [2.75, 3.05) is 26.2 Å². The number of hydrogen-bond acceptors (Lipinski definition) is 3. The van der Waals surface area contributed by atoms with Crippen molar-refractivity contribution < 1.29 is 4.74 Å². The molecule has 3 nitrogen and oxygen atoms in total. The molecule has 1 saturated heterocycles. The van der Waals surface area contributed by atoms with Crippen molar-refractivity contribution in [2.45, 2.75) is 38.8 Å². The van der Waals surface area contributed by atoms with Crippen molar-refractivity contribution in [1.82, 2.24) is 10.2 Å². The van der Waals surface area contributed by atoms with Gasteiger partial charge < -0.3 is 10.1 Å².